The van der Waals surface area contributed by atoms with Crippen LogP contribution < -0.4 is 5.32 Å². The van der Waals surface area contributed by atoms with Crippen LogP contribution in [0.3, 0.4) is 0 Å². The summed E-state index contributed by atoms with van der Waals surface area (Å²) in [7, 11) is 0. The van der Waals surface area contributed by atoms with Gasteiger partial charge in [0, 0.05) is 12.8 Å². The van der Waals surface area contributed by atoms with Gasteiger partial charge in [-0.3, -0.25) is 9.59 Å². The van der Waals surface area contributed by atoms with Crippen molar-refractivity contribution in [2.45, 2.75) is 366 Å². The summed E-state index contributed by atoms with van der Waals surface area (Å²) in [6.07, 6.45) is 74.8. The quantitative estimate of drug-likeness (QED) is 0.0320. The van der Waals surface area contributed by atoms with Crippen LogP contribution in [0.4, 0.5) is 0 Å². The molecule has 0 saturated carbocycles. The molecule has 0 aromatic heterocycles. The summed E-state index contributed by atoms with van der Waals surface area (Å²) in [5, 5.41) is 23.3. The minimum atomic E-state index is -0.664. The topological polar surface area (TPSA) is 95.9 Å². The van der Waals surface area contributed by atoms with Crippen LogP contribution in [0.15, 0.2) is 24.3 Å². The van der Waals surface area contributed by atoms with E-state index in [1.807, 2.05) is 0 Å². The average Bonchev–Trinajstić information content (AvgIpc) is 3.37. The van der Waals surface area contributed by atoms with Gasteiger partial charge in [-0.05, 0) is 51.4 Å². The maximum Gasteiger partial charge on any atom is 0.305 e. The van der Waals surface area contributed by atoms with Gasteiger partial charge in [0.1, 0.15) is 0 Å². The van der Waals surface area contributed by atoms with Gasteiger partial charge >= 0.3 is 5.97 Å². The number of hydrogen-bond acceptors (Lipinski definition) is 5. The summed E-state index contributed by atoms with van der Waals surface area (Å²) < 4.78 is 5.48. The van der Waals surface area contributed by atoms with E-state index in [9.17, 15) is 19.8 Å². The molecule has 6 heteroatoms. The summed E-state index contributed by atoms with van der Waals surface area (Å²) >= 11 is 0. The molecule has 2 atom stereocenters. The van der Waals surface area contributed by atoms with E-state index in [0.29, 0.717) is 25.9 Å². The van der Waals surface area contributed by atoms with E-state index in [1.54, 1.807) is 0 Å². The van der Waals surface area contributed by atoms with Crippen LogP contribution in [0.5, 0.6) is 0 Å². The second-order valence-corrected chi connectivity index (χ2v) is 22.1. The third-order valence-corrected chi connectivity index (χ3v) is 15.0. The number of esters is 1. The van der Waals surface area contributed by atoms with Crippen LogP contribution in [0.2, 0.25) is 0 Å². The first-order valence-electron chi connectivity index (χ1n) is 32.1. The first kappa shape index (κ1) is 69.3. The van der Waals surface area contributed by atoms with Crippen molar-refractivity contribution in [2.75, 3.05) is 13.2 Å². The van der Waals surface area contributed by atoms with Crippen molar-refractivity contribution in [3.63, 3.8) is 0 Å². The number of aliphatic hydroxyl groups is 2. The first-order chi connectivity index (χ1) is 35.0. The number of amides is 1. The number of carbonyl (C=O) groups is 2. The van der Waals surface area contributed by atoms with E-state index in [-0.39, 0.29) is 18.5 Å². The fraction of sp³-hybridized carbons (Fsp3) is 0.908. The molecule has 3 N–H and O–H groups in total. The highest BCUT2D eigenvalue weighted by atomic mass is 16.5. The summed E-state index contributed by atoms with van der Waals surface area (Å²) in [6, 6.07) is -0.541. The van der Waals surface area contributed by atoms with Crippen LogP contribution in [0, 0.1) is 0 Å². The molecule has 0 aliphatic rings. The Morgan fingerprint density at radius 1 is 0.394 bits per heavy atom. The van der Waals surface area contributed by atoms with E-state index in [0.717, 1.165) is 51.4 Å². The molecule has 0 aliphatic heterocycles. The minimum Gasteiger partial charge on any atom is -0.466 e. The predicted molar refractivity (Wildman–Crippen MR) is 310 cm³/mol. The number of nitrogens with one attached hydrogen (secondary N) is 1. The molecule has 0 aromatic carbocycles. The van der Waals surface area contributed by atoms with E-state index >= 15 is 0 Å². The Bertz CT molecular complexity index is 1110. The summed E-state index contributed by atoms with van der Waals surface area (Å²) in [4.78, 5) is 24.5. The van der Waals surface area contributed by atoms with Crippen LogP contribution in [0.25, 0.3) is 0 Å². The van der Waals surface area contributed by atoms with Gasteiger partial charge in [-0.1, -0.05) is 314 Å². The number of hydrogen-bond donors (Lipinski definition) is 3. The highest BCUT2D eigenvalue weighted by Crippen LogP contribution is 2.18. The normalized spacial score (nSPS) is 12.7. The van der Waals surface area contributed by atoms with E-state index in [4.69, 9.17) is 4.74 Å². The Morgan fingerprint density at radius 2 is 0.718 bits per heavy atom. The third-order valence-electron chi connectivity index (χ3n) is 15.0. The van der Waals surface area contributed by atoms with Gasteiger partial charge in [0.25, 0.3) is 0 Å². The van der Waals surface area contributed by atoms with Gasteiger partial charge in [-0.2, -0.15) is 0 Å². The van der Waals surface area contributed by atoms with Crippen molar-refractivity contribution in [2.24, 2.45) is 0 Å². The number of aliphatic hydroxyl groups excluding tert-OH is 2. The van der Waals surface area contributed by atoms with Crippen molar-refractivity contribution < 1.29 is 24.5 Å². The second-order valence-electron chi connectivity index (χ2n) is 22.1. The molecule has 0 fully saturated rings. The fourth-order valence-electron chi connectivity index (χ4n) is 10.1. The van der Waals surface area contributed by atoms with Crippen molar-refractivity contribution in [1.82, 2.24) is 5.32 Å². The van der Waals surface area contributed by atoms with Gasteiger partial charge in [-0.15, -0.1) is 0 Å². The number of carbonyl (C=O) groups excluding carboxylic acids is 2. The third kappa shape index (κ3) is 57.5. The molecule has 0 saturated heterocycles. The zero-order valence-electron chi connectivity index (χ0n) is 48.0. The van der Waals surface area contributed by atoms with Gasteiger partial charge in [0.2, 0.25) is 5.91 Å². The van der Waals surface area contributed by atoms with Crippen molar-refractivity contribution in [1.29, 1.82) is 0 Å². The van der Waals surface area contributed by atoms with Crippen molar-refractivity contribution >= 4 is 11.9 Å². The maximum atomic E-state index is 12.5. The lowest BCUT2D eigenvalue weighted by molar-refractivity contribution is -0.143. The van der Waals surface area contributed by atoms with E-state index in [1.165, 1.54) is 270 Å². The first-order valence-corrected chi connectivity index (χ1v) is 32.1. The molecule has 0 aromatic rings. The molecule has 6 nitrogen and oxygen atoms in total. The number of unbranched alkanes of at least 4 members (excludes halogenated alkanes) is 45. The monoisotopic (exact) mass is 1000 g/mol. The molecule has 0 rings (SSSR count). The molecule has 420 valence electrons. The van der Waals surface area contributed by atoms with Crippen LogP contribution >= 0.6 is 0 Å². The maximum absolute atomic E-state index is 12.5. The molecule has 2 unspecified atom stereocenters. The largest absolute Gasteiger partial charge is 0.466 e. The number of rotatable bonds is 60. The summed E-state index contributed by atoms with van der Waals surface area (Å²) in [5.74, 6) is -0.0315. The smallest absolute Gasteiger partial charge is 0.305 e. The average molecular weight is 1000 g/mol. The highest BCUT2D eigenvalue weighted by Gasteiger charge is 2.20. The Hall–Kier alpha value is -1.66. The zero-order chi connectivity index (χ0) is 51.4. The summed E-state index contributed by atoms with van der Waals surface area (Å²) in [5.41, 5.74) is 0. The standard InChI is InChI=1S/C65H125NO5/c1-3-5-7-9-11-13-15-17-19-27-30-33-37-41-45-49-53-57-63(68)62(61-67)66-64(69)58-54-50-46-42-38-34-31-28-25-23-21-20-22-24-26-29-32-36-40-44-48-52-56-60-71-65(70)59-55-51-47-43-39-35-18-16-14-12-10-8-6-4-2/h10,12,16,18,62-63,67-68H,3-9,11,13-15,17,19-61H2,1-2H3,(H,66,69)/b12-10-,18-16-. The predicted octanol–water partition coefficient (Wildman–Crippen LogP) is 20.2. The SMILES string of the molecule is CCCC/C=C\C/C=C\CCCCCCCC(=O)OCCCCCCCCCCCCCCCCCCCCCCCCCC(=O)NC(CO)C(O)CCCCCCCCCCCCCCCCCCC. The van der Waals surface area contributed by atoms with E-state index < -0.39 is 12.1 Å². The number of ether oxygens (including phenoxy) is 1. The Kier molecular flexibility index (Phi) is 59.5. The molecule has 0 bridgehead atoms. The van der Waals surface area contributed by atoms with E-state index in [2.05, 4.69) is 43.5 Å². The highest BCUT2D eigenvalue weighted by molar-refractivity contribution is 5.76. The van der Waals surface area contributed by atoms with Crippen LogP contribution in [0.1, 0.15) is 354 Å². The molecular formula is C65H125NO5. The summed E-state index contributed by atoms with van der Waals surface area (Å²) in [6.45, 7) is 4.93. The van der Waals surface area contributed by atoms with Gasteiger partial charge in [0.05, 0.1) is 25.4 Å². The lowest BCUT2D eigenvalue weighted by atomic mass is 10.0. The van der Waals surface area contributed by atoms with Crippen molar-refractivity contribution in [3.8, 4) is 0 Å². The molecule has 0 spiro atoms. The molecule has 71 heavy (non-hydrogen) atoms. The van der Waals surface area contributed by atoms with Gasteiger partial charge in [-0.25, -0.2) is 0 Å². The molecule has 1 amide bonds. The molecule has 0 heterocycles. The lowest BCUT2D eigenvalue weighted by Crippen LogP contribution is -2.45. The van der Waals surface area contributed by atoms with Gasteiger partial charge < -0.3 is 20.3 Å². The Balaban J connectivity index is 3.37. The molecule has 0 aliphatic carbocycles. The zero-order valence-corrected chi connectivity index (χ0v) is 48.0. The minimum absolute atomic E-state index is 0.000281. The molecular weight excluding hydrogens is 875 g/mol. The van der Waals surface area contributed by atoms with Crippen LogP contribution in [-0.2, 0) is 14.3 Å². The molecule has 0 radical (unpaired) electrons. The van der Waals surface area contributed by atoms with Crippen LogP contribution in [-0.4, -0.2) is 47.4 Å². The van der Waals surface area contributed by atoms with Crippen molar-refractivity contribution in [3.05, 3.63) is 24.3 Å². The van der Waals surface area contributed by atoms with Gasteiger partial charge in [0.15, 0.2) is 0 Å². The Morgan fingerprint density at radius 3 is 1.11 bits per heavy atom. The second kappa shape index (κ2) is 60.9. The lowest BCUT2D eigenvalue weighted by Gasteiger charge is -2.22. The fourth-order valence-corrected chi connectivity index (χ4v) is 10.1. The number of allylic oxidation sites excluding steroid dienone is 4. The Labute approximate surface area is 443 Å².